The third-order valence-corrected chi connectivity index (χ3v) is 4.34. The summed E-state index contributed by atoms with van der Waals surface area (Å²) >= 11 is 0. The summed E-state index contributed by atoms with van der Waals surface area (Å²) in [5.41, 5.74) is 3.48. The highest BCUT2D eigenvalue weighted by molar-refractivity contribution is 5.90. The van der Waals surface area contributed by atoms with Gasteiger partial charge >= 0.3 is 6.03 Å². The molecule has 0 bridgehead atoms. The number of aryl methyl sites for hydroxylation is 1. The smallest absolute Gasteiger partial charge is 0.321 e. The van der Waals surface area contributed by atoms with Crippen LogP contribution < -0.4 is 10.6 Å². The molecular formula is C22H25N5O. The number of amides is 2. The minimum atomic E-state index is -0.105. The molecule has 28 heavy (non-hydrogen) atoms. The Kier molecular flexibility index (Phi) is 6.22. The lowest BCUT2D eigenvalue weighted by molar-refractivity contribution is 0.217. The highest BCUT2D eigenvalue weighted by Gasteiger charge is 2.10. The van der Waals surface area contributed by atoms with E-state index in [1.54, 1.807) is 4.90 Å². The van der Waals surface area contributed by atoms with Gasteiger partial charge in [-0.15, -0.1) is 0 Å². The van der Waals surface area contributed by atoms with E-state index >= 15 is 0 Å². The second kappa shape index (κ2) is 8.99. The molecule has 6 heteroatoms. The normalized spacial score (nSPS) is 10.4. The second-order valence-electron chi connectivity index (χ2n) is 6.36. The van der Waals surface area contributed by atoms with Gasteiger partial charge in [0, 0.05) is 36.1 Å². The topological polar surface area (TPSA) is 70.2 Å². The summed E-state index contributed by atoms with van der Waals surface area (Å²) in [5.74, 6) is 1.40. The van der Waals surface area contributed by atoms with E-state index in [0.29, 0.717) is 24.7 Å². The Morgan fingerprint density at radius 2 is 1.64 bits per heavy atom. The van der Waals surface area contributed by atoms with E-state index in [9.17, 15) is 4.79 Å². The number of aromatic nitrogens is 2. The molecule has 0 spiro atoms. The molecule has 6 nitrogen and oxygen atoms in total. The predicted molar refractivity (Wildman–Crippen MR) is 114 cm³/mol. The van der Waals surface area contributed by atoms with Crippen LogP contribution in [0.4, 0.5) is 22.0 Å². The van der Waals surface area contributed by atoms with Gasteiger partial charge in [-0.3, -0.25) is 0 Å². The Morgan fingerprint density at radius 3 is 2.36 bits per heavy atom. The number of rotatable bonds is 6. The number of carbonyl (C=O) groups excluding carboxylic acids is 1. The molecule has 144 valence electrons. The fourth-order valence-corrected chi connectivity index (χ4v) is 2.92. The van der Waals surface area contributed by atoms with Crippen LogP contribution in [0.15, 0.2) is 60.7 Å². The standard InChI is InChI=1S/C22H25N5O/c1-4-27(5-2)22(28)26-19-13-9-12-18(14-19)25-21-15-20(23-16(3)24-21)17-10-7-6-8-11-17/h6-15H,4-5H2,1-3H3,(H,26,28)(H,23,24,25). The van der Waals surface area contributed by atoms with Gasteiger partial charge in [0.25, 0.3) is 0 Å². The molecule has 2 amide bonds. The van der Waals surface area contributed by atoms with Crippen molar-refractivity contribution >= 4 is 23.2 Å². The zero-order valence-electron chi connectivity index (χ0n) is 16.4. The molecule has 0 atom stereocenters. The van der Waals surface area contributed by atoms with E-state index in [-0.39, 0.29) is 6.03 Å². The monoisotopic (exact) mass is 375 g/mol. The van der Waals surface area contributed by atoms with E-state index in [0.717, 1.165) is 22.6 Å². The van der Waals surface area contributed by atoms with Crippen molar-refractivity contribution in [2.75, 3.05) is 23.7 Å². The fraction of sp³-hybridized carbons (Fsp3) is 0.227. The van der Waals surface area contributed by atoms with Crippen LogP contribution in [0.5, 0.6) is 0 Å². The van der Waals surface area contributed by atoms with Gasteiger partial charge in [0.15, 0.2) is 0 Å². The van der Waals surface area contributed by atoms with Crippen molar-refractivity contribution in [1.82, 2.24) is 14.9 Å². The average Bonchev–Trinajstić information content (AvgIpc) is 2.69. The van der Waals surface area contributed by atoms with Gasteiger partial charge in [-0.2, -0.15) is 0 Å². The Hall–Kier alpha value is -3.41. The van der Waals surface area contributed by atoms with Gasteiger partial charge in [-0.25, -0.2) is 14.8 Å². The van der Waals surface area contributed by atoms with Gasteiger partial charge in [-0.05, 0) is 39.0 Å². The number of benzene rings is 2. The van der Waals surface area contributed by atoms with Gasteiger partial charge < -0.3 is 15.5 Å². The van der Waals surface area contributed by atoms with Crippen molar-refractivity contribution < 1.29 is 4.79 Å². The van der Waals surface area contributed by atoms with Crippen LogP contribution in [-0.4, -0.2) is 34.0 Å². The first-order chi connectivity index (χ1) is 13.6. The molecule has 3 rings (SSSR count). The summed E-state index contributed by atoms with van der Waals surface area (Å²) in [5, 5.41) is 6.24. The highest BCUT2D eigenvalue weighted by atomic mass is 16.2. The molecule has 0 unspecified atom stereocenters. The van der Waals surface area contributed by atoms with Crippen molar-refractivity contribution in [2.45, 2.75) is 20.8 Å². The minimum absolute atomic E-state index is 0.105. The van der Waals surface area contributed by atoms with Gasteiger partial charge in [0.2, 0.25) is 0 Å². The molecule has 0 aliphatic heterocycles. The first-order valence-electron chi connectivity index (χ1n) is 9.43. The molecule has 0 radical (unpaired) electrons. The summed E-state index contributed by atoms with van der Waals surface area (Å²) in [6.45, 7) is 7.13. The van der Waals surface area contributed by atoms with E-state index in [2.05, 4.69) is 20.6 Å². The molecule has 0 fully saturated rings. The Bertz CT molecular complexity index is 939. The third-order valence-electron chi connectivity index (χ3n) is 4.34. The Balaban J connectivity index is 1.79. The molecular weight excluding hydrogens is 350 g/mol. The van der Waals surface area contributed by atoms with Crippen molar-refractivity contribution in [1.29, 1.82) is 0 Å². The minimum Gasteiger partial charge on any atom is -0.340 e. The lowest BCUT2D eigenvalue weighted by atomic mass is 10.1. The maximum Gasteiger partial charge on any atom is 0.321 e. The van der Waals surface area contributed by atoms with E-state index in [1.807, 2.05) is 81.4 Å². The Morgan fingerprint density at radius 1 is 0.929 bits per heavy atom. The molecule has 1 aromatic heterocycles. The predicted octanol–water partition coefficient (Wildman–Crippen LogP) is 5.07. The lowest BCUT2D eigenvalue weighted by Gasteiger charge is -2.19. The molecule has 0 aliphatic rings. The van der Waals surface area contributed by atoms with Crippen LogP contribution in [0.25, 0.3) is 11.3 Å². The van der Waals surface area contributed by atoms with Crippen LogP contribution >= 0.6 is 0 Å². The Labute approximate surface area is 165 Å². The summed E-state index contributed by atoms with van der Waals surface area (Å²) in [4.78, 5) is 23.0. The molecule has 1 heterocycles. The third kappa shape index (κ3) is 4.85. The number of hydrogen-bond acceptors (Lipinski definition) is 4. The van der Waals surface area contributed by atoms with Gasteiger partial charge in [-0.1, -0.05) is 36.4 Å². The van der Waals surface area contributed by atoms with Crippen molar-refractivity contribution in [3.63, 3.8) is 0 Å². The number of urea groups is 1. The summed E-state index contributed by atoms with van der Waals surface area (Å²) in [6.07, 6.45) is 0. The van der Waals surface area contributed by atoms with E-state index in [1.165, 1.54) is 0 Å². The fourth-order valence-electron chi connectivity index (χ4n) is 2.92. The van der Waals surface area contributed by atoms with E-state index < -0.39 is 0 Å². The first-order valence-corrected chi connectivity index (χ1v) is 9.43. The molecule has 0 saturated carbocycles. The second-order valence-corrected chi connectivity index (χ2v) is 6.36. The quantitative estimate of drug-likeness (QED) is 0.631. The van der Waals surface area contributed by atoms with Crippen LogP contribution in [0.1, 0.15) is 19.7 Å². The van der Waals surface area contributed by atoms with Crippen molar-refractivity contribution in [3.8, 4) is 11.3 Å². The number of nitrogens with one attached hydrogen (secondary N) is 2. The number of anilines is 3. The van der Waals surface area contributed by atoms with Crippen molar-refractivity contribution in [3.05, 3.63) is 66.5 Å². The number of hydrogen-bond donors (Lipinski definition) is 2. The molecule has 0 saturated heterocycles. The molecule has 0 aliphatic carbocycles. The number of nitrogens with zero attached hydrogens (tertiary/aromatic N) is 3. The van der Waals surface area contributed by atoms with Crippen LogP contribution in [-0.2, 0) is 0 Å². The van der Waals surface area contributed by atoms with Crippen LogP contribution in [0.3, 0.4) is 0 Å². The van der Waals surface area contributed by atoms with Crippen molar-refractivity contribution in [2.24, 2.45) is 0 Å². The summed E-state index contributed by atoms with van der Waals surface area (Å²) in [6, 6.07) is 19.4. The highest BCUT2D eigenvalue weighted by Crippen LogP contribution is 2.23. The largest absolute Gasteiger partial charge is 0.340 e. The maximum absolute atomic E-state index is 12.3. The van der Waals surface area contributed by atoms with E-state index in [4.69, 9.17) is 0 Å². The van der Waals surface area contributed by atoms with Crippen LogP contribution in [0.2, 0.25) is 0 Å². The molecule has 2 aromatic carbocycles. The average molecular weight is 375 g/mol. The summed E-state index contributed by atoms with van der Waals surface area (Å²) in [7, 11) is 0. The zero-order valence-corrected chi connectivity index (χ0v) is 16.4. The zero-order chi connectivity index (χ0) is 19.9. The van der Waals surface area contributed by atoms with Gasteiger partial charge in [0.1, 0.15) is 11.6 Å². The van der Waals surface area contributed by atoms with Gasteiger partial charge in [0.05, 0.1) is 5.69 Å². The molecule has 2 N–H and O–H groups in total. The SMILES string of the molecule is CCN(CC)C(=O)Nc1cccc(Nc2cc(-c3ccccc3)nc(C)n2)c1. The lowest BCUT2D eigenvalue weighted by Crippen LogP contribution is -2.34. The maximum atomic E-state index is 12.3. The van der Waals surface area contributed by atoms with Crippen LogP contribution in [0, 0.1) is 6.92 Å². The molecule has 3 aromatic rings. The number of carbonyl (C=O) groups is 1. The summed E-state index contributed by atoms with van der Waals surface area (Å²) < 4.78 is 0. The first kappa shape index (κ1) is 19.4.